The van der Waals surface area contributed by atoms with Crippen LogP contribution in [0.1, 0.15) is 18.1 Å². The number of hydrogen-bond acceptors (Lipinski definition) is 4. The highest BCUT2D eigenvalue weighted by Crippen LogP contribution is 2.38. The first-order chi connectivity index (χ1) is 16.0. The van der Waals surface area contributed by atoms with E-state index in [0.717, 1.165) is 34.1 Å². The third-order valence-corrected chi connectivity index (χ3v) is 6.19. The lowest BCUT2D eigenvalue weighted by atomic mass is 10.1. The number of carbonyl (C=O) groups excluding carboxylic acids is 1. The Bertz CT molecular complexity index is 1240. The van der Waals surface area contributed by atoms with Gasteiger partial charge < -0.3 is 19.9 Å². The van der Waals surface area contributed by atoms with Crippen LogP contribution in [0.4, 0.5) is 16.2 Å². The number of amidine groups is 1. The Hall–Kier alpha value is -3.51. The molecule has 6 nitrogen and oxygen atoms in total. The van der Waals surface area contributed by atoms with Crippen molar-refractivity contribution in [2.45, 2.75) is 19.9 Å². The second kappa shape index (κ2) is 8.79. The van der Waals surface area contributed by atoms with Gasteiger partial charge in [-0.05, 0) is 56.3 Å². The summed E-state index contributed by atoms with van der Waals surface area (Å²) in [6.07, 6.45) is 0. The SMILES string of the molecule is Cc1ccc2c(c1)C(N1CCN(C(=O)Nc3cccc(Cl)c3)C(C)C1)=Nc1ccccc1O2. The molecule has 1 N–H and O–H groups in total. The van der Waals surface area contributed by atoms with Crippen molar-refractivity contribution < 1.29 is 9.53 Å². The Labute approximate surface area is 198 Å². The number of carbonyl (C=O) groups is 1. The van der Waals surface area contributed by atoms with E-state index in [9.17, 15) is 4.79 Å². The smallest absolute Gasteiger partial charge is 0.322 e. The van der Waals surface area contributed by atoms with Crippen molar-refractivity contribution in [1.29, 1.82) is 0 Å². The molecule has 0 saturated carbocycles. The quantitative estimate of drug-likeness (QED) is 0.479. The highest BCUT2D eigenvalue weighted by atomic mass is 35.5. The summed E-state index contributed by atoms with van der Waals surface area (Å²) in [5.74, 6) is 2.41. The maximum atomic E-state index is 12.9. The first-order valence-electron chi connectivity index (χ1n) is 11.0. The van der Waals surface area contributed by atoms with E-state index in [1.807, 2.05) is 53.4 Å². The molecule has 33 heavy (non-hydrogen) atoms. The number of nitrogens with one attached hydrogen (secondary N) is 1. The van der Waals surface area contributed by atoms with Gasteiger partial charge in [0.25, 0.3) is 0 Å². The molecule has 0 aliphatic carbocycles. The minimum atomic E-state index is -0.128. The van der Waals surface area contributed by atoms with E-state index in [2.05, 4.69) is 30.1 Å². The topological polar surface area (TPSA) is 57.2 Å². The van der Waals surface area contributed by atoms with E-state index in [1.54, 1.807) is 12.1 Å². The lowest BCUT2D eigenvalue weighted by Crippen LogP contribution is -2.56. The molecule has 0 radical (unpaired) electrons. The van der Waals surface area contributed by atoms with Crippen LogP contribution in [0.5, 0.6) is 11.5 Å². The fourth-order valence-corrected chi connectivity index (χ4v) is 4.48. The van der Waals surface area contributed by atoms with Crippen LogP contribution in [0.25, 0.3) is 0 Å². The van der Waals surface area contributed by atoms with Crippen LogP contribution in [0.3, 0.4) is 0 Å². The van der Waals surface area contributed by atoms with Gasteiger partial charge in [0.15, 0.2) is 5.75 Å². The van der Waals surface area contributed by atoms with Gasteiger partial charge in [0, 0.05) is 36.4 Å². The Kier molecular flexibility index (Phi) is 5.68. The van der Waals surface area contributed by atoms with E-state index in [0.29, 0.717) is 30.3 Å². The monoisotopic (exact) mass is 460 g/mol. The molecule has 1 unspecified atom stereocenters. The first-order valence-corrected chi connectivity index (χ1v) is 11.4. The standard InChI is InChI=1S/C26H25ClN4O2/c1-17-10-11-23-21(14-17)25(29-22-8-3-4-9-24(22)33-23)30-12-13-31(18(2)16-30)26(32)28-20-7-5-6-19(27)15-20/h3-11,14-15,18H,12-13,16H2,1-2H3,(H,28,32). The summed E-state index contributed by atoms with van der Waals surface area (Å²) in [4.78, 5) is 22.1. The van der Waals surface area contributed by atoms with E-state index < -0.39 is 0 Å². The molecule has 1 saturated heterocycles. The average molecular weight is 461 g/mol. The molecule has 2 aliphatic heterocycles. The molecule has 7 heteroatoms. The fraction of sp³-hybridized carbons (Fsp3) is 0.231. The third-order valence-electron chi connectivity index (χ3n) is 5.95. The number of urea groups is 1. The Morgan fingerprint density at radius 3 is 2.73 bits per heavy atom. The molecule has 0 bridgehead atoms. The Morgan fingerprint density at radius 1 is 1.06 bits per heavy atom. The van der Waals surface area contributed by atoms with Gasteiger partial charge in [-0.15, -0.1) is 0 Å². The van der Waals surface area contributed by atoms with Gasteiger partial charge in [0.05, 0.1) is 5.56 Å². The number of aliphatic imine (C=N–C) groups is 1. The number of rotatable bonds is 1. The van der Waals surface area contributed by atoms with E-state index >= 15 is 0 Å². The van der Waals surface area contributed by atoms with Crippen molar-refractivity contribution in [3.05, 3.63) is 82.9 Å². The number of ether oxygens (including phenoxy) is 1. The number of hydrogen-bond donors (Lipinski definition) is 1. The van der Waals surface area contributed by atoms with Crippen LogP contribution in [-0.2, 0) is 0 Å². The minimum absolute atomic E-state index is 0.00620. The zero-order chi connectivity index (χ0) is 22.9. The zero-order valence-corrected chi connectivity index (χ0v) is 19.3. The lowest BCUT2D eigenvalue weighted by Gasteiger charge is -2.41. The first kappa shape index (κ1) is 21.3. The highest BCUT2D eigenvalue weighted by molar-refractivity contribution is 6.30. The van der Waals surface area contributed by atoms with Crippen molar-refractivity contribution in [1.82, 2.24) is 9.80 Å². The summed E-state index contributed by atoms with van der Waals surface area (Å²) in [5.41, 5.74) is 3.60. The van der Waals surface area contributed by atoms with Gasteiger partial charge >= 0.3 is 6.03 Å². The van der Waals surface area contributed by atoms with Gasteiger partial charge in [-0.3, -0.25) is 0 Å². The molecule has 1 fully saturated rings. The number of halogens is 1. The lowest BCUT2D eigenvalue weighted by molar-refractivity contribution is 0.145. The highest BCUT2D eigenvalue weighted by Gasteiger charge is 2.31. The van der Waals surface area contributed by atoms with Crippen molar-refractivity contribution in [2.24, 2.45) is 4.99 Å². The van der Waals surface area contributed by atoms with Crippen LogP contribution >= 0.6 is 11.6 Å². The maximum absolute atomic E-state index is 12.9. The summed E-state index contributed by atoms with van der Waals surface area (Å²) < 4.78 is 6.21. The van der Waals surface area contributed by atoms with Crippen molar-refractivity contribution in [3.63, 3.8) is 0 Å². The van der Waals surface area contributed by atoms with Gasteiger partial charge in [0.1, 0.15) is 17.3 Å². The number of aryl methyl sites for hydroxylation is 1. The summed E-state index contributed by atoms with van der Waals surface area (Å²) in [5, 5.41) is 3.55. The second-order valence-electron chi connectivity index (χ2n) is 8.43. The number of amides is 2. The summed E-state index contributed by atoms with van der Waals surface area (Å²) in [6, 6.07) is 21.0. The maximum Gasteiger partial charge on any atom is 0.322 e. The van der Waals surface area contributed by atoms with Crippen LogP contribution in [-0.4, -0.2) is 47.3 Å². The molecular weight excluding hydrogens is 436 g/mol. The van der Waals surface area contributed by atoms with Crippen molar-refractivity contribution in [2.75, 3.05) is 25.0 Å². The Morgan fingerprint density at radius 2 is 1.91 bits per heavy atom. The van der Waals surface area contributed by atoms with Crippen LogP contribution in [0.2, 0.25) is 5.02 Å². The number of benzene rings is 3. The molecule has 0 aromatic heterocycles. The van der Waals surface area contributed by atoms with Gasteiger partial charge in [-0.1, -0.05) is 41.4 Å². The van der Waals surface area contributed by atoms with E-state index in [4.69, 9.17) is 21.3 Å². The van der Waals surface area contributed by atoms with E-state index in [1.165, 1.54) is 0 Å². The average Bonchev–Trinajstić information content (AvgIpc) is 2.95. The molecule has 2 heterocycles. The number of nitrogens with zero attached hydrogens (tertiary/aromatic N) is 3. The molecule has 3 aromatic rings. The summed E-state index contributed by atoms with van der Waals surface area (Å²) >= 11 is 6.05. The molecule has 2 aliphatic rings. The second-order valence-corrected chi connectivity index (χ2v) is 8.87. The molecule has 0 spiro atoms. The summed E-state index contributed by atoms with van der Waals surface area (Å²) in [6.45, 7) is 6.04. The molecular formula is C26H25ClN4O2. The van der Waals surface area contributed by atoms with Crippen LogP contribution in [0.15, 0.2) is 71.7 Å². The molecule has 168 valence electrons. The number of piperazine rings is 1. The fourth-order valence-electron chi connectivity index (χ4n) is 4.29. The largest absolute Gasteiger partial charge is 0.454 e. The predicted octanol–water partition coefficient (Wildman–Crippen LogP) is 6.07. The summed E-state index contributed by atoms with van der Waals surface area (Å²) in [7, 11) is 0. The van der Waals surface area contributed by atoms with Gasteiger partial charge in [-0.25, -0.2) is 9.79 Å². The van der Waals surface area contributed by atoms with Gasteiger partial charge in [-0.2, -0.15) is 0 Å². The van der Waals surface area contributed by atoms with Crippen LogP contribution < -0.4 is 10.1 Å². The molecule has 5 rings (SSSR count). The van der Waals surface area contributed by atoms with E-state index in [-0.39, 0.29) is 12.1 Å². The van der Waals surface area contributed by atoms with Crippen molar-refractivity contribution in [3.8, 4) is 11.5 Å². The van der Waals surface area contributed by atoms with Crippen molar-refractivity contribution >= 4 is 34.8 Å². The third kappa shape index (κ3) is 4.39. The number of fused-ring (bicyclic) bond motifs is 2. The normalized spacial score (nSPS) is 17.3. The molecule has 1 atom stereocenters. The van der Waals surface area contributed by atoms with Gasteiger partial charge in [0.2, 0.25) is 0 Å². The predicted molar refractivity (Wildman–Crippen MR) is 132 cm³/mol. The Balaban J connectivity index is 1.40. The van der Waals surface area contributed by atoms with Crippen LogP contribution in [0, 0.1) is 6.92 Å². The molecule has 2 amide bonds. The molecule has 3 aromatic carbocycles. The zero-order valence-electron chi connectivity index (χ0n) is 18.6. The number of anilines is 1. The number of para-hydroxylation sites is 2. The minimum Gasteiger partial charge on any atom is -0.454 e.